The molecule has 1 aliphatic heterocycles. The van der Waals surface area contributed by atoms with Crippen LogP contribution in [0.1, 0.15) is 24.8 Å². The molecule has 0 spiro atoms. The molecule has 0 radical (unpaired) electrons. The van der Waals surface area contributed by atoms with Gasteiger partial charge >= 0.3 is 5.97 Å². The number of carbonyl (C=O) groups excluding carboxylic acids is 2. The van der Waals surface area contributed by atoms with Gasteiger partial charge in [0.15, 0.2) is 0 Å². The number of hydrogen-bond acceptors (Lipinski definition) is 6. The third-order valence-electron chi connectivity index (χ3n) is 6.34. The predicted octanol–water partition coefficient (Wildman–Crippen LogP) is 1.71. The number of hydrogen-bond donors (Lipinski definition) is 2. The van der Waals surface area contributed by atoms with Crippen LogP contribution in [0.4, 0.5) is 5.69 Å². The van der Waals surface area contributed by atoms with E-state index in [1.807, 2.05) is 0 Å². The lowest BCUT2D eigenvalue weighted by Crippen LogP contribution is -2.56. The number of benzene rings is 2. The highest BCUT2D eigenvalue weighted by molar-refractivity contribution is 7.89. The van der Waals surface area contributed by atoms with Gasteiger partial charge < -0.3 is 15.8 Å². The fraction of sp³-hybridized carbons (Fsp3) is 0.391. The Morgan fingerprint density at radius 3 is 2.47 bits per heavy atom. The SMILES string of the molecule is COC(=O)C(Cc1ccc(N)cc1)NC(=O)C1C2CCC(C2)N1S(=O)(=O)c1ccccc1. The Labute approximate surface area is 187 Å². The lowest BCUT2D eigenvalue weighted by Gasteiger charge is -2.34. The van der Waals surface area contributed by atoms with Gasteiger partial charge in [-0.1, -0.05) is 30.3 Å². The molecule has 2 fully saturated rings. The highest BCUT2D eigenvalue weighted by Gasteiger charge is 2.54. The summed E-state index contributed by atoms with van der Waals surface area (Å²) >= 11 is 0. The summed E-state index contributed by atoms with van der Waals surface area (Å²) in [4.78, 5) is 25.9. The van der Waals surface area contributed by atoms with E-state index in [-0.39, 0.29) is 23.3 Å². The topological polar surface area (TPSA) is 119 Å². The van der Waals surface area contributed by atoms with Crippen molar-refractivity contribution in [3.05, 3.63) is 60.2 Å². The van der Waals surface area contributed by atoms with Crippen LogP contribution in [-0.2, 0) is 30.8 Å². The van der Waals surface area contributed by atoms with Crippen molar-refractivity contribution >= 4 is 27.6 Å². The Bertz CT molecular complexity index is 1090. The van der Waals surface area contributed by atoms with Crippen molar-refractivity contribution in [1.29, 1.82) is 0 Å². The van der Waals surface area contributed by atoms with Crippen LogP contribution in [0.5, 0.6) is 0 Å². The molecule has 32 heavy (non-hydrogen) atoms. The zero-order valence-electron chi connectivity index (χ0n) is 17.8. The van der Waals surface area contributed by atoms with Crippen LogP contribution in [0, 0.1) is 5.92 Å². The third-order valence-corrected chi connectivity index (χ3v) is 8.28. The van der Waals surface area contributed by atoms with E-state index in [0.717, 1.165) is 18.4 Å². The second-order valence-corrected chi connectivity index (χ2v) is 10.2. The predicted molar refractivity (Wildman–Crippen MR) is 119 cm³/mol. The number of anilines is 1. The molecule has 1 saturated carbocycles. The van der Waals surface area contributed by atoms with E-state index in [0.29, 0.717) is 12.1 Å². The summed E-state index contributed by atoms with van der Waals surface area (Å²) in [5.41, 5.74) is 7.12. The maximum atomic E-state index is 13.4. The molecule has 170 valence electrons. The summed E-state index contributed by atoms with van der Waals surface area (Å²) in [5, 5.41) is 2.76. The van der Waals surface area contributed by atoms with Crippen LogP contribution in [0.3, 0.4) is 0 Å². The first-order chi connectivity index (χ1) is 15.3. The monoisotopic (exact) mass is 457 g/mol. The number of sulfonamides is 1. The van der Waals surface area contributed by atoms with Crippen molar-refractivity contribution in [3.63, 3.8) is 0 Å². The molecule has 3 N–H and O–H groups in total. The van der Waals surface area contributed by atoms with Crippen LogP contribution >= 0.6 is 0 Å². The maximum Gasteiger partial charge on any atom is 0.328 e. The lowest BCUT2D eigenvalue weighted by atomic mass is 9.98. The average molecular weight is 458 g/mol. The zero-order valence-corrected chi connectivity index (χ0v) is 18.6. The molecule has 1 aliphatic carbocycles. The van der Waals surface area contributed by atoms with Gasteiger partial charge in [-0.2, -0.15) is 4.31 Å². The molecule has 1 heterocycles. The fourth-order valence-electron chi connectivity index (χ4n) is 4.82. The minimum atomic E-state index is -3.85. The van der Waals surface area contributed by atoms with E-state index in [9.17, 15) is 18.0 Å². The van der Waals surface area contributed by atoms with E-state index < -0.39 is 34.0 Å². The first-order valence-electron chi connectivity index (χ1n) is 10.6. The lowest BCUT2D eigenvalue weighted by molar-refractivity contribution is -0.145. The van der Waals surface area contributed by atoms with Crippen molar-refractivity contribution in [2.24, 2.45) is 5.92 Å². The van der Waals surface area contributed by atoms with Crippen molar-refractivity contribution in [1.82, 2.24) is 9.62 Å². The molecular weight excluding hydrogens is 430 g/mol. The molecule has 2 bridgehead atoms. The highest BCUT2D eigenvalue weighted by atomic mass is 32.2. The molecular formula is C23H27N3O5S. The molecule has 8 nitrogen and oxygen atoms in total. The molecule has 2 aromatic rings. The first-order valence-corrected chi connectivity index (χ1v) is 12.1. The van der Waals surface area contributed by atoms with Gasteiger partial charge in [0, 0.05) is 18.2 Å². The van der Waals surface area contributed by atoms with Gasteiger partial charge in [-0.25, -0.2) is 13.2 Å². The second-order valence-electron chi connectivity index (χ2n) is 8.35. The normalized spacial score (nSPS) is 23.6. The molecule has 1 saturated heterocycles. The van der Waals surface area contributed by atoms with E-state index >= 15 is 0 Å². The number of amides is 1. The molecule has 4 rings (SSSR count). The Hall–Kier alpha value is -2.91. The van der Waals surface area contributed by atoms with Crippen molar-refractivity contribution < 1.29 is 22.7 Å². The number of methoxy groups -OCH3 is 1. The van der Waals surface area contributed by atoms with Gasteiger partial charge in [0.2, 0.25) is 15.9 Å². The van der Waals surface area contributed by atoms with E-state index in [1.165, 1.54) is 23.5 Å². The van der Waals surface area contributed by atoms with Crippen LogP contribution < -0.4 is 11.1 Å². The van der Waals surface area contributed by atoms with Gasteiger partial charge in [0.25, 0.3) is 0 Å². The summed E-state index contributed by atoms with van der Waals surface area (Å²) in [5.74, 6) is -1.13. The van der Waals surface area contributed by atoms with Crippen LogP contribution in [0.2, 0.25) is 0 Å². The minimum Gasteiger partial charge on any atom is -0.467 e. The average Bonchev–Trinajstić information content (AvgIpc) is 3.42. The fourth-order valence-corrected chi connectivity index (χ4v) is 6.71. The Kier molecular flexibility index (Phi) is 6.21. The van der Waals surface area contributed by atoms with E-state index in [4.69, 9.17) is 10.5 Å². The van der Waals surface area contributed by atoms with Crippen molar-refractivity contribution in [2.45, 2.75) is 48.7 Å². The number of nitrogens with two attached hydrogens (primary N) is 1. The van der Waals surface area contributed by atoms with E-state index in [1.54, 1.807) is 42.5 Å². The maximum absolute atomic E-state index is 13.4. The third kappa shape index (κ3) is 4.22. The Morgan fingerprint density at radius 1 is 1.12 bits per heavy atom. The Balaban J connectivity index is 1.58. The number of nitrogen functional groups attached to an aromatic ring is 1. The van der Waals surface area contributed by atoms with Gasteiger partial charge in [-0.3, -0.25) is 4.79 Å². The molecule has 0 aromatic heterocycles. The second kappa shape index (κ2) is 8.91. The first kappa shape index (κ1) is 22.3. The molecule has 9 heteroatoms. The van der Waals surface area contributed by atoms with Crippen LogP contribution in [0.25, 0.3) is 0 Å². The van der Waals surface area contributed by atoms with Crippen molar-refractivity contribution in [2.75, 3.05) is 12.8 Å². The number of esters is 1. The number of ether oxygens (including phenoxy) is 1. The van der Waals surface area contributed by atoms with Gasteiger partial charge in [-0.15, -0.1) is 0 Å². The number of piperidine rings is 1. The number of nitrogens with one attached hydrogen (secondary N) is 1. The number of nitrogens with zero attached hydrogens (tertiary/aromatic N) is 1. The smallest absolute Gasteiger partial charge is 0.328 e. The highest BCUT2D eigenvalue weighted by Crippen LogP contribution is 2.45. The summed E-state index contributed by atoms with van der Waals surface area (Å²) in [7, 11) is -2.59. The number of rotatable bonds is 7. The molecule has 2 aromatic carbocycles. The summed E-state index contributed by atoms with van der Waals surface area (Å²) in [6, 6.07) is 13.1. The minimum absolute atomic E-state index is 0.0756. The van der Waals surface area contributed by atoms with Gasteiger partial charge in [-0.05, 0) is 55.0 Å². The largest absolute Gasteiger partial charge is 0.467 e. The summed E-state index contributed by atoms with van der Waals surface area (Å²) < 4.78 is 33.0. The zero-order chi connectivity index (χ0) is 22.9. The summed E-state index contributed by atoms with van der Waals surface area (Å²) in [6.07, 6.45) is 2.37. The van der Waals surface area contributed by atoms with Gasteiger partial charge in [0.1, 0.15) is 12.1 Å². The molecule has 4 atom stereocenters. The number of fused-ring (bicyclic) bond motifs is 2. The van der Waals surface area contributed by atoms with E-state index in [2.05, 4.69) is 5.32 Å². The molecule has 4 unspecified atom stereocenters. The molecule has 2 aliphatic rings. The number of carbonyl (C=O) groups is 2. The van der Waals surface area contributed by atoms with Crippen LogP contribution in [0.15, 0.2) is 59.5 Å². The Morgan fingerprint density at radius 2 is 1.81 bits per heavy atom. The quantitative estimate of drug-likeness (QED) is 0.483. The summed E-state index contributed by atoms with van der Waals surface area (Å²) in [6.45, 7) is 0. The van der Waals surface area contributed by atoms with Crippen molar-refractivity contribution in [3.8, 4) is 0 Å². The standard InChI is InChI=1S/C23H27N3O5S/c1-31-23(28)20(13-15-7-10-17(24)11-8-15)25-22(27)21-16-9-12-18(14-16)26(21)32(29,30)19-5-3-2-4-6-19/h2-8,10-11,16,18,20-21H,9,12-14,24H2,1H3,(H,25,27). The van der Waals surface area contributed by atoms with Gasteiger partial charge in [0.05, 0.1) is 12.0 Å². The molecule has 1 amide bonds. The van der Waals surface area contributed by atoms with Crippen LogP contribution in [-0.4, -0.2) is 49.8 Å².